The van der Waals surface area contributed by atoms with E-state index in [1.165, 1.54) is 24.8 Å². The molecule has 2 N–H and O–H groups in total. The number of anilines is 1. The van der Waals surface area contributed by atoms with Crippen LogP contribution >= 0.6 is 0 Å². The van der Waals surface area contributed by atoms with Crippen LogP contribution in [0, 0.1) is 0 Å². The lowest BCUT2D eigenvalue weighted by molar-refractivity contribution is -0.119. The van der Waals surface area contributed by atoms with Gasteiger partial charge in [0, 0.05) is 30.9 Å². The van der Waals surface area contributed by atoms with E-state index < -0.39 is 0 Å². The first-order valence-corrected chi connectivity index (χ1v) is 9.88. The van der Waals surface area contributed by atoms with Gasteiger partial charge in [0.25, 0.3) is 5.91 Å². The van der Waals surface area contributed by atoms with Gasteiger partial charge in [-0.15, -0.1) is 0 Å². The van der Waals surface area contributed by atoms with Gasteiger partial charge >= 0.3 is 0 Å². The molecule has 0 spiro atoms. The highest BCUT2D eigenvalue weighted by Crippen LogP contribution is 2.19. The summed E-state index contributed by atoms with van der Waals surface area (Å²) in [7, 11) is 0. The van der Waals surface area contributed by atoms with Crippen molar-refractivity contribution in [2.24, 2.45) is 0 Å². The molecule has 0 aromatic heterocycles. The fraction of sp³-hybridized carbons (Fsp3) is 0.524. The third-order valence-electron chi connectivity index (χ3n) is 5.01. The predicted octanol–water partition coefficient (Wildman–Crippen LogP) is 2.58. The van der Waals surface area contributed by atoms with Gasteiger partial charge in [-0.3, -0.25) is 9.59 Å². The van der Waals surface area contributed by atoms with Gasteiger partial charge in [0.15, 0.2) is 0 Å². The average Bonchev–Trinajstić information content (AvgIpc) is 2.73. The van der Waals surface area contributed by atoms with Gasteiger partial charge < -0.3 is 20.3 Å². The highest BCUT2D eigenvalue weighted by Gasteiger charge is 2.18. The Morgan fingerprint density at radius 2 is 2.00 bits per heavy atom. The van der Waals surface area contributed by atoms with Crippen molar-refractivity contribution in [1.82, 2.24) is 10.2 Å². The maximum Gasteiger partial charge on any atom is 0.254 e. The van der Waals surface area contributed by atoms with Gasteiger partial charge in [0.1, 0.15) is 0 Å². The van der Waals surface area contributed by atoms with Crippen LogP contribution in [0.25, 0.3) is 0 Å². The van der Waals surface area contributed by atoms with E-state index in [4.69, 9.17) is 4.74 Å². The molecular weight excluding hydrogens is 342 g/mol. The number of benzene rings is 1. The number of hydrogen-bond donors (Lipinski definition) is 2. The second kappa shape index (κ2) is 10.1. The minimum Gasteiger partial charge on any atom is -0.378 e. The van der Waals surface area contributed by atoms with Crippen molar-refractivity contribution in [2.75, 3.05) is 44.7 Å². The third kappa shape index (κ3) is 6.10. The number of carbonyl (C=O) groups excluding carboxylic acids is 2. The smallest absolute Gasteiger partial charge is 0.254 e. The van der Waals surface area contributed by atoms with E-state index in [2.05, 4.69) is 16.7 Å². The molecule has 1 fully saturated rings. The molecule has 0 radical (unpaired) electrons. The first-order chi connectivity index (χ1) is 13.2. The van der Waals surface area contributed by atoms with Crippen molar-refractivity contribution in [3.8, 4) is 0 Å². The molecule has 2 aliphatic rings. The van der Waals surface area contributed by atoms with Gasteiger partial charge in [-0.1, -0.05) is 17.7 Å². The van der Waals surface area contributed by atoms with Crippen LogP contribution in [-0.4, -0.2) is 56.1 Å². The number of carbonyl (C=O) groups is 2. The zero-order chi connectivity index (χ0) is 18.9. The van der Waals surface area contributed by atoms with Crippen LogP contribution < -0.4 is 10.6 Å². The lowest BCUT2D eigenvalue weighted by atomic mass is 9.97. The molecule has 1 aliphatic heterocycles. The molecule has 0 saturated carbocycles. The molecule has 1 aliphatic carbocycles. The molecule has 6 nitrogen and oxygen atoms in total. The molecule has 0 bridgehead atoms. The summed E-state index contributed by atoms with van der Waals surface area (Å²) in [5, 5.41) is 6.07. The number of allylic oxidation sites excluding steroid dienone is 1. The summed E-state index contributed by atoms with van der Waals surface area (Å²) in [5.41, 5.74) is 2.87. The second-order valence-corrected chi connectivity index (χ2v) is 7.05. The van der Waals surface area contributed by atoms with Crippen molar-refractivity contribution < 1.29 is 14.3 Å². The molecule has 6 heteroatoms. The monoisotopic (exact) mass is 371 g/mol. The van der Waals surface area contributed by atoms with E-state index in [-0.39, 0.29) is 18.4 Å². The van der Waals surface area contributed by atoms with Gasteiger partial charge in [0.05, 0.1) is 19.8 Å². The Labute approximate surface area is 161 Å². The summed E-state index contributed by atoms with van der Waals surface area (Å²) in [6.45, 7) is 3.29. The maximum absolute atomic E-state index is 12.5. The maximum atomic E-state index is 12.5. The van der Waals surface area contributed by atoms with Crippen molar-refractivity contribution in [3.63, 3.8) is 0 Å². The van der Waals surface area contributed by atoms with Crippen molar-refractivity contribution in [3.05, 3.63) is 41.5 Å². The van der Waals surface area contributed by atoms with Gasteiger partial charge in [0.2, 0.25) is 5.91 Å². The van der Waals surface area contributed by atoms with Crippen LogP contribution in [0.4, 0.5) is 5.69 Å². The van der Waals surface area contributed by atoms with E-state index in [0.29, 0.717) is 38.4 Å². The molecule has 146 valence electrons. The van der Waals surface area contributed by atoms with E-state index in [0.717, 1.165) is 18.5 Å². The Bertz CT molecular complexity index is 681. The quantitative estimate of drug-likeness (QED) is 0.723. The van der Waals surface area contributed by atoms with Gasteiger partial charge in [-0.25, -0.2) is 0 Å². The number of ether oxygens (including phenoxy) is 1. The summed E-state index contributed by atoms with van der Waals surface area (Å²) >= 11 is 0. The van der Waals surface area contributed by atoms with Gasteiger partial charge in [-0.2, -0.15) is 0 Å². The van der Waals surface area contributed by atoms with Crippen LogP contribution in [0.1, 0.15) is 42.5 Å². The molecule has 1 heterocycles. The SMILES string of the molecule is O=C(CNc1cccc(C(=O)N2CCOCC2)c1)NCCC1=CCCCC1. The van der Waals surface area contributed by atoms with Crippen LogP contribution in [0.5, 0.6) is 0 Å². The predicted molar refractivity (Wildman–Crippen MR) is 106 cm³/mol. The first kappa shape index (κ1) is 19.4. The topological polar surface area (TPSA) is 70.7 Å². The van der Waals surface area contributed by atoms with E-state index in [1.807, 2.05) is 12.1 Å². The summed E-state index contributed by atoms with van der Waals surface area (Å²) in [5.74, 6) is -0.0246. The number of nitrogens with one attached hydrogen (secondary N) is 2. The Morgan fingerprint density at radius 1 is 1.15 bits per heavy atom. The normalized spacial score (nSPS) is 17.2. The summed E-state index contributed by atoms with van der Waals surface area (Å²) < 4.78 is 5.29. The van der Waals surface area contributed by atoms with Crippen molar-refractivity contribution in [2.45, 2.75) is 32.1 Å². The first-order valence-electron chi connectivity index (χ1n) is 9.88. The molecule has 27 heavy (non-hydrogen) atoms. The summed E-state index contributed by atoms with van der Waals surface area (Å²) in [6, 6.07) is 7.32. The molecule has 1 aromatic rings. The minimum absolute atomic E-state index is 0.00663. The second-order valence-electron chi connectivity index (χ2n) is 7.05. The fourth-order valence-electron chi connectivity index (χ4n) is 3.45. The van der Waals surface area contributed by atoms with Crippen LogP contribution in [0.15, 0.2) is 35.9 Å². The standard InChI is InChI=1S/C21H29N3O3/c25-20(22-10-9-17-5-2-1-3-6-17)16-23-19-8-4-7-18(15-19)21(26)24-11-13-27-14-12-24/h4-5,7-8,15,23H,1-3,6,9-14,16H2,(H,22,25). The Morgan fingerprint density at radius 3 is 2.78 bits per heavy atom. The number of hydrogen-bond acceptors (Lipinski definition) is 4. The zero-order valence-electron chi connectivity index (χ0n) is 15.8. The minimum atomic E-state index is -0.0312. The lowest BCUT2D eigenvalue weighted by Crippen LogP contribution is -2.40. The number of amides is 2. The number of rotatable bonds is 7. The average molecular weight is 371 g/mol. The molecule has 2 amide bonds. The summed E-state index contributed by atoms with van der Waals surface area (Å²) in [6.07, 6.45) is 8.14. The van der Waals surface area contributed by atoms with E-state index in [9.17, 15) is 9.59 Å². The number of nitrogens with zero attached hydrogens (tertiary/aromatic N) is 1. The van der Waals surface area contributed by atoms with Crippen molar-refractivity contribution in [1.29, 1.82) is 0 Å². The van der Waals surface area contributed by atoms with E-state index in [1.54, 1.807) is 17.0 Å². The van der Waals surface area contributed by atoms with E-state index >= 15 is 0 Å². The molecule has 0 atom stereocenters. The Hall–Kier alpha value is -2.34. The Kier molecular flexibility index (Phi) is 7.27. The number of morpholine rings is 1. The molecule has 1 aromatic carbocycles. The van der Waals surface area contributed by atoms with Crippen LogP contribution in [0.2, 0.25) is 0 Å². The zero-order valence-corrected chi connectivity index (χ0v) is 15.8. The van der Waals surface area contributed by atoms with Gasteiger partial charge in [-0.05, 0) is 50.3 Å². The Balaban J connectivity index is 1.42. The third-order valence-corrected chi connectivity index (χ3v) is 5.01. The van der Waals surface area contributed by atoms with Crippen LogP contribution in [-0.2, 0) is 9.53 Å². The lowest BCUT2D eigenvalue weighted by Gasteiger charge is -2.27. The molecule has 3 rings (SSSR count). The van der Waals surface area contributed by atoms with Crippen LogP contribution in [0.3, 0.4) is 0 Å². The fourth-order valence-corrected chi connectivity index (χ4v) is 3.45. The largest absolute Gasteiger partial charge is 0.378 e. The van der Waals surface area contributed by atoms with Crippen molar-refractivity contribution >= 4 is 17.5 Å². The summed E-state index contributed by atoms with van der Waals surface area (Å²) in [4.78, 5) is 26.4. The highest BCUT2D eigenvalue weighted by atomic mass is 16.5. The molecule has 0 unspecified atom stereocenters. The molecule has 1 saturated heterocycles. The molecular formula is C21H29N3O3. The highest BCUT2D eigenvalue weighted by molar-refractivity contribution is 5.95.